The smallest absolute Gasteiger partial charge is 0.243 e. The highest BCUT2D eigenvalue weighted by molar-refractivity contribution is 7.96. The van der Waals surface area contributed by atoms with Crippen LogP contribution in [0.4, 0.5) is 0 Å². The van der Waals surface area contributed by atoms with Gasteiger partial charge in [-0.05, 0) is 25.7 Å². The molecule has 0 bridgehead atoms. The van der Waals surface area contributed by atoms with Crippen molar-refractivity contribution in [2.24, 2.45) is 0 Å². The van der Waals surface area contributed by atoms with Crippen molar-refractivity contribution in [1.29, 1.82) is 0 Å². The average Bonchev–Trinajstić information content (AvgIpc) is 2.78. The fourth-order valence-corrected chi connectivity index (χ4v) is 2.16. The van der Waals surface area contributed by atoms with Crippen LogP contribution in [-0.2, 0) is 22.7 Å². The number of hydrogen-bond acceptors (Lipinski definition) is 2. The van der Waals surface area contributed by atoms with Crippen molar-refractivity contribution in [1.82, 2.24) is 4.57 Å². The SMILES string of the molecule is O=C(S)CCCCn1cc[n+](CCCCC(=O)S)c1.[Br-]. The van der Waals surface area contributed by atoms with Crippen LogP contribution in [0, 0.1) is 0 Å². The number of nitrogens with zero attached hydrogens (tertiary/aromatic N) is 2. The van der Waals surface area contributed by atoms with Gasteiger partial charge in [0.15, 0.2) is 10.2 Å². The molecule has 0 saturated heterocycles. The highest BCUT2D eigenvalue weighted by Crippen LogP contribution is 2.02. The number of carbonyl (C=O) groups is 2. The maximum absolute atomic E-state index is 10.7. The first-order valence-electron chi connectivity index (χ1n) is 6.56. The second-order valence-electron chi connectivity index (χ2n) is 4.59. The summed E-state index contributed by atoms with van der Waals surface area (Å²) in [5.41, 5.74) is 0. The molecule has 0 fully saturated rings. The highest BCUT2D eigenvalue weighted by atomic mass is 79.9. The fraction of sp³-hybridized carbons (Fsp3) is 0.615. The van der Waals surface area contributed by atoms with Crippen molar-refractivity contribution in [2.45, 2.75) is 51.6 Å². The Balaban J connectivity index is 0.00000361. The molecule has 0 radical (unpaired) electrons. The average molecular weight is 381 g/mol. The summed E-state index contributed by atoms with van der Waals surface area (Å²) in [6, 6.07) is 0. The van der Waals surface area contributed by atoms with E-state index in [0.29, 0.717) is 12.8 Å². The summed E-state index contributed by atoms with van der Waals surface area (Å²) in [5.74, 6) is 0. The molecule has 0 atom stereocenters. The lowest BCUT2D eigenvalue weighted by Crippen LogP contribution is -3.00. The zero-order chi connectivity index (χ0) is 14.1. The number of carbonyl (C=O) groups excluding carboxylic acids is 2. The molecular weight excluding hydrogens is 360 g/mol. The predicted molar refractivity (Wildman–Crippen MR) is 80.3 cm³/mol. The van der Waals surface area contributed by atoms with Crippen LogP contribution in [0.25, 0.3) is 0 Å². The van der Waals surface area contributed by atoms with E-state index in [0.717, 1.165) is 38.8 Å². The first kappa shape index (κ1) is 19.7. The molecule has 1 aromatic heterocycles. The highest BCUT2D eigenvalue weighted by Gasteiger charge is 2.04. The van der Waals surface area contributed by atoms with Crippen molar-refractivity contribution in [3.05, 3.63) is 18.7 Å². The molecule has 0 amide bonds. The molecule has 0 spiro atoms. The van der Waals surface area contributed by atoms with E-state index in [1.807, 2.05) is 12.4 Å². The summed E-state index contributed by atoms with van der Waals surface area (Å²) in [6.45, 7) is 1.84. The lowest BCUT2D eigenvalue weighted by molar-refractivity contribution is -0.696. The van der Waals surface area contributed by atoms with E-state index in [4.69, 9.17) is 0 Å². The van der Waals surface area contributed by atoms with Gasteiger partial charge in [0.05, 0.1) is 13.1 Å². The first-order valence-corrected chi connectivity index (χ1v) is 7.46. The van der Waals surface area contributed by atoms with Crippen LogP contribution in [0.3, 0.4) is 0 Å². The van der Waals surface area contributed by atoms with Gasteiger partial charge in [0.2, 0.25) is 6.33 Å². The summed E-state index contributed by atoms with van der Waals surface area (Å²) in [6.07, 6.45) is 10.9. The van der Waals surface area contributed by atoms with Crippen molar-refractivity contribution < 1.29 is 31.1 Å². The molecule has 0 saturated carbocycles. The van der Waals surface area contributed by atoms with Gasteiger partial charge in [0, 0.05) is 12.8 Å². The van der Waals surface area contributed by atoms with Crippen LogP contribution in [0.1, 0.15) is 38.5 Å². The Morgan fingerprint density at radius 3 is 2.20 bits per heavy atom. The minimum absolute atomic E-state index is 0. The molecule has 20 heavy (non-hydrogen) atoms. The molecule has 0 aliphatic carbocycles. The topological polar surface area (TPSA) is 43.0 Å². The molecule has 0 aromatic carbocycles. The van der Waals surface area contributed by atoms with E-state index in [1.165, 1.54) is 0 Å². The molecule has 4 nitrogen and oxygen atoms in total. The molecule has 114 valence electrons. The quantitative estimate of drug-likeness (QED) is 0.311. The summed E-state index contributed by atoms with van der Waals surface area (Å²) >= 11 is 7.49. The van der Waals surface area contributed by atoms with Gasteiger partial charge in [-0.25, -0.2) is 9.13 Å². The standard InChI is InChI=1S/C13H20N2O2S2.BrH/c16-12(18)5-1-3-7-14-9-10-15(11-14)8-4-2-6-13(17)19;/h9-11H,1-8H2,(H-,16,17,18,19);1H. The van der Waals surface area contributed by atoms with E-state index < -0.39 is 0 Å². The Hall–Kier alpha value is -0.270. The normalized spacial score (nSPS) is 10.1. The number of imidazole rings is 1. The van der Waals surface area contributed by atoms with Crippen molar-refractivity contribution in [3.8, 4) is 0 Å². The fourth-order valence-electron chi connectivity index (χ4n) is 1.84. The third-order valence-electron chi connectivity index (χ3n) is 2.86. The molecule has 1 rings (SSSR count). The number of halogens is 1. The molecule has 1 heterocycles. The lowest BCUT2D eigenvalue weighted by atomic mass is 10.2. The Morgan fingerprint density at radius 2 is 1.60 bits per heavy atom. The maximum atomic E-state index is 10.7. The number of aryl methyl sites for hydroxylation is 2. The Bertz CT molecular complexity index is 388. The van der Waals surface area contributed by atoms with E-state index in [9.17, 15) is 9.59 Å². The van der Waals surface area contributed by atoms with Crippen molar-refractivity contribution in [2.75, 3.05) is 0 Å². The van der Waals surface area contributed by atoms with Crippen LogP contribution in [0.5, 0.6) is 0 Å². The molecule has 0 N–H and O–H groups in total. The van der Waals surface area contributed by atoms with Gasteiger partial charge in [-0.1, -0.05) is 0 Å². The van der Waals surface area contributed by atoms with E-state index in [1.54, 1.807) is 0 Å². The summed E-state index contributed by atoms with van der Waals surface area (Å²) in [5, 5.41) is -0.0809. The van der Waals surface area contributed by atoms with Gasteiger partial charge >= 0.3 is 0 Å². The Labute approximate surface area is 141 Å². The van der Waals surface area contributed by atoms with E-state index in [2.05, 4.69) is 40.7 Å². The monoisotopic (exact) mass is 380 g/mol. The van der Waals surface area contributed by atoms with E-state index >= 15 is 0 Å². The summed E-state index contributed by atoms with van der Waals surface area (Å²) in [7, 11) is 0. The Kier molecular flexibility index (Phi) is 11.2. The number of thiol groups is 2. The summed E-state index contributed by atoms with van der Waals surface area (Å²) < 4.78 is 4.24. The van der Waals surface area contributed by atoms with Gasteiger partial charge in [0.1, 0.15) is 12.4 Å². The predicted octanol–water partition coefficient (Wildman–Crippen LogP) is -0.967. The third kappa shape index (κ3) is 9.61. The molecule has 7 heteroatoms. The first-order chi connectivity index (χ1) is 9.08. The maximum Gasteiger partial charge on any atom is 0.243 e. The second kappa shape index (κ2) is 11.4. The Morgan fingerprint density at radius 1 is 1.00 bits per heavy atom. The number of rotatable bonds is 10. The molecule has 0 unspecified atom stereocenters. The van der Waals surface area contributed by atoms with Crippen LogP contribution < -0.4 is 21.5 Å². The van der Waals surface area contributed by atoms with Crippen LogP contribution in [0.2, 0.25) is 0 Å². The zero-order valence-corrected chi connectivity index (χ0v) is 14.7. The largest absolute Gasteiger partial charge is 1.00 e. The third-order valence-corrected chi connectivity index (χ3v) is 3.31. The van der Waals surface area contributed by atoms with Crippen molar-refractivity contribution >= 4 is 35.5 Å². The van der Waals surface area contributed by atoms with Gasteiger partial charge < -0.3 is 17.0 Å². The minimum atomic E-state index is -0.0405. The van der Waals surface area contributed by atoms with Crippen LogP contribution in [0.15, 0.2) is 18.7 Å². The molecule has 0 aliphatic heterocycles. The van der Waals surface area contributed by atoms with Gasteiger partial charge in [-0.3, -0.25) is 9.59 Å². The number of hydrogen-bond donors (Lipinski definition) is 2. The number of aromatic nitrogens is 2. The van der Waals surface area contributed by atoms with Gasteiger partial charge in [-0.15, -0.1) is 25.3 Å². The van der Waals surface area contributed by atoms with Crippen molar-refractivity contribution in [3.63, 3.8) is 0 Å². The van der Waals surface area contributed by atoms with Gasteiger partial charge in [0.25, 0.3) is 0 Å². The molecular formula is C13H21BrN2O2S2. The summed E-state index contributed by atoms with van der Waals surface area (Å²) in [4.78, 5) is 21.4. The number of unbranched alkanes of at least 4 members (excludes halogenated alkanes) is 2. The molecule has 0 aliphatic rings. The second-order valence-corrected chi connectivity index (χ2v) is 5.59. The van der Waals surface area contributed by atoms with Crippen LogP contribution >= 0.6 is 25.3 Å². The van der Waals surface area contributed by atoms with Crippen LogP contribution in [-0.4, -0.2) is 14.8 Å². The lowest BCUT2D eigenvalue weighted by Gasteiger charge is -1.97. The minimum Gasteiger partial charge on any atom is -1.00 e. The zero-order valence-electron chi connectivity index (χ0n) is 11.4. The van der Waals surface area contributed by atoms with Gasteiger partial charge in [-0.2, -0.15) is 0 Å². The molecule has 1 aromatic rings. The van der Waals surface area contributed by atoms with E-state index in [-0.39, 0.29) is 27.2 Å².